The Bertz CT molecular complexity index is 1570. The van der Waals surface area contributed by atoms with Gasteiger partial charge in [-0.15, -0.1) is 0 Å². The van der Waals surface area contributed by atoms with E-state index < -0.39 is 23.7 Å². The summed E-state index contributed by atoms with van der Waals surface area (Å²) in [6.07, 6.45) is 1.53. The number of hydrogen-bond donors (Lipinski definition) is 1. The van der Waals surface area contributed by atoms with Crippen LogP contribution >= 0.6 is 11.3 Å². The number of fused-ring (bicyclic) bond motifs is 1. The van der Waals surface area contributed by atoms with E-state index >= 15 is 0 Å². The third-order valence-corrected chi connectivity index (χ3v) is 8.34. The second-order valence-electron chi connectivity index (χ2n) is 10.9. The first-order valence-corrected chi connectivity index (χ1v) is 14.9. The minimum absolute atomic E-state index is 0.00292. The quantitative estimate of drug-likeness (QED) is 0.140. The Morgan fingerprint density at radius 3 is 2.74 bits per heavy atom. The van der Waals surface area contributed by atoms with Gasteiger partial charge in [0.25, 0.3) is 5.78 Å². The molecule has 0 unspecified atom stereocenters. The van der Waals surface area contributed by atoms with E-state index in [0.29, 0.717) is 41.5 Å². The van der Waals surface area contributed by atoms with Gasteiger partial charge in [0.1, 0.15) is 28.2 Å². The lowest BCUT2D eigenvalue weighted by Crippen LogP contribution is -2.29. The summed E-state index contributed by atoms with van der Waals surface area (Å²) in [5.74, 6) is -0.788. The molecule has 3 aromatic rings. The number of ketones is 1. The Labute approximate surface area is 248 Å². The summed E-state index contributed by atoms with van der Waals surface area (Å²) in [6, 6.07) is 11.3. The molecule has 0 bridgehead atoms. The number of aliphatic hydroxyl groups excluding tert-OH is 1. The van der Waals surface area contributed by atoms with Crippen molar-refractivity contribution in [1.29, 1.82) is 0 Å². The van der Waals surface area contributed by atoms with Gasteiger partial charge >= 0.3 is 11.9 Å². The number of carbonyl (C=O) groups is 3. The molecular formula is C32H34N2O7S. The molecule has 0 spiro atoms. The fourth-order valence-corrected chi connectivity index (χ4v) is 6.12. The van der Waals surface area contributed by atoms with Crippen LogP contribution in [-0.4, -0.2) is 47.1 Å². The number of aliphatic hydroxyl groups is 1. The molecule has 0 saturated carbocycles. The van der Waals surface area contributed by atoms with Crippen molar-refractivity contribution in [1.82, 2.24) is 4.98 Å². The Balaban J connectivity index is 1.63. The molecule has 2 aliphatic heterocycles. The highest BCUT2D eigenvalue weighted by molar-refractivity contribution is 7.17. The van der Waals surface area contributed by atoms with Gasteiger partial charge in [-0.1, -0.05) is 37.3 Å². The molecule has 0 radical (unpaired) electrons. The van der Waals surface area contributed by atoms with E-state index in [-0.39, 0.29) is 34.1 Å². The summed E-state index contributed by atoms with van der Waals surface area (Å²) < 4.78 is 16.9. The Kier molecular flexibility index (Phi) is 8.36. The number of rotatable bonds is 9. The van der Waals surface area contributed by atoms with Gasteiger partial charge in [0.05, 0.1) is 30.5 Å². The fourth-order valence-electron chi connectivity index (χ4n) is 5.13. The number of Topliss-reactive ketones (excluding diaryl/α,β-unsaturated/α-hetero) is 1. The third-order valence-electron chi connectivity index (χ3n) is 7.20. The maximum Gasteiger partial charge on any atom is 0.350 e. The number of ether oxygens (including phenoxy) is 3. The first-order valence-electron chi connectivity index (χ1n) is 14.1. The second kappa shape index (κ2) is 12.0. The molecule has 3 heterocycles. The van der Waals surface area contributed by atoms with Gasteiger partial charge < -0.3 is 19.3 Å². The van der Waals surface area contributed by atoms with E-state index in [1.165, 1.54) is 4.90 Å². The molecule has 5 rings (SSSR count). The summed E-state index contributed by atoms with van der Waals surface area (Å²) >= 11 is 0.972. The van der Waals surface area contributed by atoms with Crippen LogP contribution in [0.3, 0.4) is 0 Å². The molecule has 1 amide bonds. The molecule has 1 saturated heterocycles. The van der Waals surface area contributed by atoms with E-state index in [9.17, 15) is 19.5 Å². The molecule has 10 heteroatoms. The molecule has 2 aromatic carbocycles. The Hall–Kier alpha value is -4.18. The molecule has 2 atom stereocenters. The number of aromatic nitrogens is 1. The van der Waals surface area contributed by atoms with E-state index in [4.69, 9.17) is 14.2 Å². The van der Waals surface area contributed by atoms with Crippen LogP contribution in [-0.2, 0) is 20.7 Å². The Morgan fingerprint density at radius 2 is 2.00 bits per heavy atom. The van der Waals surface area contributed by atoms with E-state index in [1.54, 1.807) is 50.2 Å². The van der Waals surface area contributed by atoms with Gasteiger partial charge in [0.15, 0.2) is 5.13 Å². The van der Waals surface area contributed by atoms with Crippen molar-refractivity contribution in [2.75, 3.05) is 18.1 Å². The van der Waals surface area contributed by atoms with Crippen LogP contribution in [0.25, 0.3) is 5.76 Å². The number of benzene rings is 2. The van der Waals surface area contributed by atoms with Crippen molar-refractivity contribution in [2.24, 2.45) is 5.92 Å². The van der Waals surface area contributed by atoms with Crippen LogP contribution in [0.1, 0.15) is 72.2 Å². The van der Waals surface area contributed by atoms with Crippen molar-refractivity contribution in [2.45, 2.75) is 59.6 Å². The molecule has 220 valence electrons. The first kappa shape index (κ1) is 29.3. The van der Waals surface area contributed by atoms with Crippen molar-refractivity contribution >= 4 is 39.9 Å². The predicted octanol–water partition coefficient (Wildman–Crippen LogP) is 6.00. The number of anilines is 1. The second-order valence-corrected chi connectivity index (χ2v) is 11.8. The van der Waals surface area contributed by atoms with Crippen molar-refractivity contribution in [3.63, 3.8) is 0 Å². The molecule has 42 heavy (non-hydrogen) atoms. The third kappa shape index (κ3) is 5.63. The van der Waals surface area contributed by atoms with Gasteiger partial charge in [-0.2, -0.15) is 0 Å². The normalized spacial score (nSPS) is 19.2. The largest absolute Gasteiger partial charge is 0.507 e. The minimum atomic E-state index is -1.01. The molecule has 9 nitrogen and oxygen atoms in total. The lowest BCUT2D eigenvalue weighted by atomic mass is 9.94. The SMILES string of the molecule is CCOC(=O)c1sc(N2C(=O)C(=O)/C(=C(/O)c3ccc4c(c3)C[C@@H](C)O4)[C@H]2c2cccc(OCCC(C)C)c2)nc1C. The predicted molar refractivity (Wildman–Crippen MR) is 159 cm³/mol. The van der Waals surface area contributed by atoms with E-state index in [0.717, 1.165) is 29.1 Å². The zero-order chi connectivity index (χ0) is 30.1. The van der Waals surface area contributed by atoms with Gasteiger partial charge in [0.2, 0.25) is 0 Å². The maximum absolute atomic E-state index is 13.7. The molecule has 1 aromatic heterocycles. The number of aryl methyl sites for hydroxylation is 1. The smallest absolute Gasteiger partial charge is 0.350 e. The summed E-state index contributed by atoms with van der Waals surface area (Å²) in [5, 5.41) is 11.8. The highest BCUT2D eigenvalue weighted by Crippen LogP contribution is 2.45. The van der Waals surface area contributed by atoms with Gasteiger partial charge in [0, 0.05) is 12.0 Å². The lowest BCUT2D eigenvalue weighted by Gasteiger charge is -2.23. The number of hydrogen-bond acceptors (Lipinski definition) is 9. The topological polar surface area (TPSA) is 115 Å². The standard InChI is InChI=1S/C32H34N2O7S/c1-6-39-31(38)29-19(5)33-32(42-29)34-26(20-8-7-9-23(16-20)40-13-12-17(2)3)25(28(36)30(34)37)27(35)21-10-11-24-22(15-21)14-18(4)41-24/h7-11,15-18,26,35H,6,12-14H2,1-5H3/b27-25+/t18-,26-/m1/s1. The molecule has 2 aliphatic rings. The average molecular weight is 591 g/mol. The summed E-state index contributed by atoms with van der Waals surface area (Å²) in [5.41, 5.74) is 2.18. The van der Waals surface area contributed by atoms with Gasteiger partial charge in [-0.3, -0.25) is 14.5 Å². The zero-order valence-electron chi connectivity index (χ0n) is 24.3. The first-order chi connectivity index (χ1) is 20.1. The summed E-state index contributed by atoms with van der Waals surface area (Å²) in [7, 11) is 0. The van der Waals surface area contributed by atoms with Crippen LogP contribution in [0.2, 0.25) is 0 Å². The fraction of sp³-hybridized carbons (Fsp3) is 0.375. The van der Waals surface area contributed by atoms with Crippen molar-refractivity contribution in [3.05, 3.63) is 75.3 Å². The molecular weight excluding hydrogens is 556 g/mol. The van der Waals surface area contributed by atoms with Crippen LogP contribution in [0.5, 0.6) is 11.5 Å². The maximum atomic E-state index is 13.7. The minimum Gasteiger partial charge on any atom is -0.507 e. The van der Waals surface area contributed by atoms with Crippen LogP contribution in [0.15, 0.2) is 48.0 Å². The lowest BCUT2D eigenvalue weighted by molar-refractivity contribution is -0.132. The molecule has 1 N–H and O–H groups in total. The van der Waals surface area contributed by atoms with Crippen molar-refractivity contribution in [3.8, 4) is 11.5 Å². The molecule has 1 fully saturated rings. The number of esters is 1. The number of thiazole rings is 1. The van der Waals surface area contributed by atoms with Gasteiger partial charge in [-0.05, 0) is 74.6 Å². The monoisotopic (exact) mass is 590 g/mol. The van der Waals surface area contributed by atoms with Crippen molar-refractivity contribution < 1.29 is 33.7 Å². The van der Waals surface area contributed by atoms with Crippen LogP contribution in [0, 0.1) is 12.8 Å². The highest BCUT2D eigenvalue weighted by atomic mass is 32.1. The number of carbonyl (C=O) groups excluding carboxylic acids is 3. The molecule has 0 aliphatic carbocycles. The number of nitrogens with zero attached hydrogens (tertiary/aromatic N) is 2. The summed E-state index contributed by atoms with van der Waals surface area (Å²) in [4.78, 5) is 45.8. The highest BCUT2D eigenvalue weighted by Gasteiger charge is 2.48. The number of amides is 1. The van der Waals surface area contributed by atoms with E-state index in [1.807, 2.05) is 13.0 Å². The average Bonchev–Trinajstić information content (AvgIpc) is 3.60. The zero-order valence-corrected chi connectivity index (χ0v) is 25.1. The summed E-state index contributed by atoms with van der Waals surface area (Å²) in [6.45, 7) is 10.2. The van der Waals surface area contributed by atoms with Crippen LogP contribution < -0.4 is 14.4 Å². The van der Waals surface area contributed by atoms with Gasteiger partial charge in [-0.25, -0.2) is 9.78 Å². The Morgan fingerprint density at radius 1 is 1.21 bits per heavy atom. The van der Waals surface area contributed by atoms with E-state index in [2.05, 4.69) is 18.8 Å². The van der Waals surface area contributed by atoms with Crippen LogP contribution in [0.4, 0.5) is 5.13 Å².